The van der Waals surface area contributed by atoms with Gasteiger partial charge in [-0.1, -0.05) is 31.2 Å². The van der Waals surface area contributed by atoms with Crippen LogP contribution >= 0.6 is 0 Å². The molecule has 0 aliphatic heterocycles. The molecular weight excluding hydrogens is 238 g/mol. The van der Waals surface area contributed by atoms with Gasteiger partial charge in [0, 0.05) is 18.1 Å². The Morgan fingerprint density at radius 1 is 1.42 bits per heavy atom. The van der Waals surface area contributed by atoms with E-state index >= 15 is 0 Å². The first-order chi connectivity index (χ1) is 9.26. The monoisotopic (exact) mass is 253 g/mol. The van der Waals surface area contributed by atoms with Crippen LogP contribution in [0.15, 0.2) is 36.5 Å². The maximum atomic E-state index is 11.8. The molecule has 1 heterocycles. The number of rotatable bonds is 4. The highest BCUT2D eigenvalue weighted by Gasteiger charge is 2.15. The van der Waals surface area contributed by atoms with Gasteiger partial charge in [0.25, 0.3) is 0 Å². The minimum absolute atomic E-state index is 0.224. The summed E-state index contributed by atoms with van der Waals surface area (Å²) in [5.41, 5.74) is 1.84. The van der Waals surface area contributed by atoms with Crippen molar-refractivity contribution >= 4 is 16.8 Å². The van der Waals surface area contributed by atoms with Crippen LogP contribution in [-0.4, -0.2) is 10.9 Å². The molecule has 0 aliphatic rings. The van der Waals surface area contributed by atoms with Crippen molar-refractivity contribution in [2.24, 2.45) is 5.92 Å². The maximum Gasteiger partial charge on any atom is 0.237 e. The molecular formula is C15H15N3O. The first-order valence-corrected chi connectivity index (χ1v) is 6.26. The van der Waals surface area contributed by atoms with Gasteiger partial charge in [-0.25, -0.2) is 0 Å². The quantitative estimate of drug-likeness (QED) is 0.909. The summed E-state index contributed by atoms with van der Waals surface area (Å²) in [6, 6.07) is 11.7. The van der Waals surface area contributed by atoms with Gasteiger partial charge in [-0.15, -0.1) is 0 Å². The second kappa shape index (κ2) is 5.96. The fourth-order valence-electron chi connectivity index (χ4n) is 1.95. The lowest BCUT2D eigenvalue weighted by Gasteiger charge is -2.09. The largest absolute Gasteiger partial charge is 0.351 e. The number of nitriles is 1. The number of nitrogens with one attached hydrogen (secondary N) is 1. The predicted molar refractivity (Wildman–Crippen MR) is 73.0 cm³/mol. The second-order valence-electron chi connectivity index (χ2n) is 4.30. The van der Waals surface area contributed by atoms with Gasteiger partial charge in [0.15, 0.2) is 0 Å². The molecule has 4 nitrogen and oxygen atoms in total. The molecule has 0 saturated carbocycles. The Morgan fingerprint density at radius 2 is 2.21 bits per heavy atom. The Hall–Kier alpha value is -2.41. The smallest absolute Gasteiger partial charge is 0.237 e. The number of pyridine rings is 1. The van der Waals surface area contributed by atoms with Gasteiger partial charge in [0.2, 0.25) is 5.91 Å². The summed E-state index contributed by atoms with van der Waals surface area (Å²) in [7, 11) is 0. The number of benzene rings is 1. The Labute approximate surface area is 112 Å². The average Bonchev–Trinajstić information content (AvgIpc) is 2.46. The van der Waals surface area contributed by atoms with Gasteiger partial charge in [-0.2, -0.15) is 5.26 Å². The van der Waals surface area contributed by atoms with Gasteiger partial charge in [0.1, 0.15) is 5.92 Å². The molecule has 1 unspecified atom stereocenters. The lowest BCUT2D eigenvalue weighted by atomic mass is 10.1. The molecule has 0 radical (unpaired) electrons. The molecule has 0 bridgehead atoms. The topological polar surface area (TPSA) is 65.8 Å². The van der Waals surface area contributed by atoms with Gasteiger partial charge in [0.05, 0.1) is 11.6 Å². The number of carbonyl (C=O) groups is 1. The normalized spacial score (nSPS) is 11.8. The summed E-state index contributed by atoms with van der Waals surface area (Å²) in [5.74, 6) is -0.805. The number of hydrogen-bond acceptors (Lipinski definition) is 3. The zero-order valence-corrected chi connectivity index (χ0v) is 10.8. The van der Waals surface area contributed by atoms with Crippen LogP contribution < -0.4 is 5.32 Å². The van der Waals surface area contributed by atoms with E-state index in [0.29, 0.717) is 13.0 Å². The molecule has 0 aliphatic carbocycles. The SMILES string of the molecule is CCC(C#N)C(=O)NCc1cccc2cccnc12. The van der Waals surface area contributed by atoms with E-state index < -0.39 is 5.92 Å². The van der Waals surface area contributed by atoms with E-state index in [4.69, 9.17) is 5.26 Å². The van der Waals surface area contributed by atoms with Crippen molar-refractivity contribution < 1.29 is 4.79 Å². The van der Waals surface area contributed by atoms with Crippen molar-refractivity contribution in [1.82, 2.24) is 10.3 Å². The van der Waals surface area contributed by atoms with Crippen molar-refractivity contribution in [2.75, 3.05) is 0 Å². The molecule has 0 spiro atoms. The van der Waals surface area contributed by atoms with Crippen molar-refractivity contribution in [3.8, 4) is 6.07 Å². The predicted octanol–water partition coefficient (Wildman–Crippen LogP) is 2.40. The molecule has 1 aromatic heterocycles. The molecule has 1 amide bonds. The standard InChI is InChI=1S/C15H15N3O/c1-2-11(9-16)15(19)18-10-13-6-3-5-12-7-4-8-17-14(12)13/h3-8,11H,2,10H2,1H3,(H,18,19). The Bertz CT molecular complexity index is 625. The van der Waals surface area contributed by atoms with E-state index in [0.717, 1.165) is 16.5 Å². The van der Waals surface area contributed by atoms with Crippen LogP contribution in [0, 0.1) is 17.2 Å². The van der Waals surface area contributed by atoms with Crippen LogP contribution in [-0.2, 0) is 11.3 Å². The van der Waals surface area contributed by atoms with E-state index in [1.54, 1.807) is 6.20 Å². The molecule has 1 N–H and O–H groups in total. The van der Waals surface area contributed by atoms with Gasteiger partial charge < -0.3 is 5.32 Å². The number of carbonyl (C=O) groups excluding carboxylic acids is 1. The Kier molecular flexibility index (Phi) is 4.09. The highest BCUT2D eigenvalue weighted by molar-refractivity contribution is 5.83. The Morgan fingerprint density at radius 3 is 2.95 bits per heavy atom. The van der Waals surface area contributed by atoms with E-state index in [2.05, 4.69) is 10.3 Å². The van der Waals surface area contributed by atoms with Crippen molar-refractivity contribution in [3.63, 3.8) is 0 Å². The number of fused-ring (bicyclic) bond motifs is 1. The molecule has 0 fully saturated rings. The summed E-state index contributed by atoms with van der Waals surface area (Å²) in [5, 5.41) is 12.7. The van der Waals surface area contributed by atoms with Crippen molar-refractivity contribution in [3.05, 3.63) is 42.1 Å². The van der Waals surface area contributed by atoms with E-state index in [9.17, 15) is 4.79 Å². The summed E-state index contributed by atoms with van der Waals surface area (Å²) >= 11 is 0. The molecule has 2 aromatic rings. The average molecular weight is 253 g/mol. The number of para-hydroxylation sites is 1. The molecule has 2 rings (SSSR count). The summed E-state index contributed by atoms with van der Waals surface area (Å²) in [6.07, 6.45) is 2.26. The van der Waals surface area contributed by atoms with Crippen molar-refractivity contribution in [1.29, 1.82) is 5.26 Å². The third-order valence-electron chi connectivity index (χ3n) is 3.05. The van der Waals surface area contributed by atoms with E-state index in [1.807, 2.05) is 43.3 Å². The number of nitrogens with zero attached hydrogens (tertiary/aromatic N) is 2. The molecule has 0 saturated heterocycles. The van der Waals surface area contributed by atoms with Crippen LogP contribution in [0.1, 0.15) is 18.9 Å². The summed E-state index contributed by atoms with van der Waals surface area (Å²) in [4.78, 5) is 16.1. The van der Waals surface area contributed by atoms with Crippen LogP contribution in [0.2, 0.25) is 0 Å². The van der Waals surface area contributed by atoms with Crippen LogP contribution in [0.5, 0.6) is 0 Å². The van der Waals surface area contributed by atoms with E-state index in [1.165, 1.54) is 0 Å². The van der Waals surface area contributed by atoms with Crippen LogP contribution in [0.4, 0.5) is 0 Å². The van der Waals surface area contributed by atoms with Crippen LogP contribution in [0.3, 0.4) is 0 Å². The molecule has 1 atom stereocenters. The first kappa shape index (κ1) is 13.0. The third-order valence-corrected chi connectivity index (χ3v) is 3.05. The number of amides is 1. The fraction of sp³-hybridized carbons (Fsp3) is 0.267. The molecule has 1 aromatic carbocycles. The van der Waals surface area contributed by atoms with Gasteiger partial charge in [-0.3, -0.25) is 9.78 Å². The van der Waals surface area contributed by atoms with Gasteiger partial charge >= 0.3 is 0 Å². The zero-order valence-electron chi connectivity index (χ0n) is 10.8. The lowest BCUT2D eigenvalue weighted by Crippen LogP contribution is -2.29. The van der Waals surface area contributed by atoms with Crippen molar-refractivity contribution in [2.45, 2.75) is 19.9 Å². The molecule has 19 heavy (non-hydrogen) atoms. The maximum absolute atomic E-state index is 11.8. The zero-order chi connectivity index (χ0) is 13.7. The lowest BCUT2D eigenvalue weighted by molar-refractivity contribution is -0.123. The summed E-state index contributed by atoms with van der Waals surface area (Å²) < 4.78 is 0. The highest BCUT2D eigenvalue weighted by Crippen LogP contribution is 2.15. The van der Waals surface area contributed by atoms with E-state index in [-0.39, 0.29) is 5.91 Å². The first-order valence-electron chi connectivity index (χ1n) is 6.26. The highest BCUT2D eigenvalue weighted by atomic mass is 16.1. The third kappa shape index (κ3) is 2.89. The van der Waals surface area contributed by atoms with Gasteiger partial charge in [-0.05, 0) is 18.1 Å². The Balaban J connectivity index is 2.15. The fourth-order valence-corrected chi connectivity index (χ4v) is 1.95. The summed E-state index contributed by atoms with van der Waals surface area (Å²) in [6.45, 7) is 2.22. The minimum atomic E-state index is -0.581. The molecule has 96 valence electrons. The van der Waals surface area contributed by atoms with Crippen LogP contribution in [0.25, 0.3) is 10.9 Å². The second-order valence-corrected chi connectivity index (χ2v) is 4.30. The number of aromatic nitrogens is 1. The molecule has 4 heteroatoms. The minimum Gasteiger partial charge on any atom is -0.351 e. The number of hydrogen-bond donors (Lipinski definition) is 1.